The number of nitrogens with two attached hydrogens (primary N) is 1. The molecule has 1 aromatic heterocycles. The molecule has 0 fully saturated rings. The molecule has 1 heterocycles. The summed E-state index contributed by atoms with van der Waals surface area (Å²) in [5.74, 6) is 1.60. The van der Waals surface area contributed by atoms with Gasteiger partial charge in [-0.1, -0.05) is 17.8 Å². The summed E-state index contributed by atoms with van der Waals surface area (Å²) in [5, 5.41) is 0.807. The second-order valence-electron chi connectivity index (χ2n) is 4.57. The standard InChI is InChI=1S/C15H19N3OS/c1-10-11(2)17-15(18-12(10)3)20-8-7-19-14-6-4-5-13(16)9-14/h4-6,9H,7-8,16H2,1-3H3. The molecule has 0 aliphatic heterocycles. The maximum atomic E-state index is 5.70. The smallest absolute Gasteiger partial charge is 0.188 e. The highest BCUT2D eigenvalue weighted by Crippen LogP contribution is 2.18. The third-order valence-corrected chi connectivity index (χ3v) is 3.86. The third-order valence-electron chi connectivity index (χ3n) is 3.05. The lowest BCUT2D eigenvalue weighted by atomic mass is 10.2. The molecule has 2 N–H and O–H groups in total. The Balaban J connectivity index is 1.84. The van der Waals surface area contributed by atoms with Gasteiger partial charge in [0.15, 0.2) is 5.16 Å². The van der Waals surface area contributed by atoms with E-state index in [0.717, 1.165) is 33.6 Å². The van der Waals surface area contributed by atoms with E-state index in [0.29, 0.717) is 12.3 Å². The average Bonchev–Trinajstić information content (AvgIpc) is 2.41. The van der Waals surface area contributed by atoms with Gasteiger partial charge < -0.3 is 10.5 Å². The number of hydrogen-bond acceptors (Lipinski definition) is 5. The first kappa shape index (κ1) is 14.7. The van der Waals surface area contributed by atoms with Crippen molar-refractivity contribution in [3.8, 4) is 5.75 Å². The van der Waals surface area contributed by atoms with Crippen LogP contribution in [0, 0.1) is 20.8 Å². The number of thioether (sulfide) groups is 1. The van der Waals surface area contributed by atoms with Crippen molar-refractivity contribution in [2.75, 3.05) is 18.1 Å². The minimum atomic E-state index is 0.601. The molecule has 0 aliphatic carbocycles. The molecule has 0 atom stereocenters. The van der Waals surface area contributed by atoms with Gasteiger partial charge >= 0.3 is 0 Å². The molecule has 2 aromatic rings. The van der Waals surface area contributed by atoms with Crippen LogP contribution in [0.2, 0.25) is 0 Å². The minimum Gasteiger partial charge on any atom is -0.493 e. The van der Waals surface area contributed by atoms with Crippen LogP contribution >= 0.6 is 11.8 Å². The summed E-state index contributed by atoms with van der Waals surface area (Å²) in [6.45, 7) is 6.67. The molecule has 1 aromatic carbocycles. The van der Waals surface area contributed by atoms with Crippen molar-refractivity contribution in [3.05, 3.63) is 41.2 Å². The van der Waals surface area contributed by atoms with E-state index in [-0.39, 0.29) is 0 Å². The van der Waals surface area contributed by atoms with Gasteiger partial charge in [0.05, 0.1) is 6.61 Å². The Labute approximate surface area is 123 Å². The van der Waals surface area contributed by atoms with Crippen LogP contribution < -0.4 is 10.5 Å². The summed E-state index contributed by atoms with van der Waals surface area (Å²) >= 11 is 1.60. The Morgan fingerprint density at radius 3 is 2.50 bits per heavy atom. The Morgan fingerprint density at radius 2 is 1.85 bits per heavy atom. The zero-order valence-corrected chi connectivity index (χ0v) is 12.8. The van der Waals surface area contributed by atoms with Gasteiger partial charge in [0.2, 0.25) is 0 Å². The first-order chi connectivity index (χ1) is 9.56. The Morgan fingerprint density at radius 1 is 1.15 bits per heavy atom. The van der Waals surface area contributed by atoms with E-state index >= 15 is 0 Å². The molecule has 0 radical (unpaired) electrons. The third kappa shape index (κ3) is 3.87. The van der Waals surface area contributed by atoms with Crippen molar-refractivity contribution in [1.29, 1.82) is 0 Å². The molecule has 2 rings (SSSR count). The summed E-state index contributed by atoms with van der Waals surface area (Å²) in [6, 6.07) is 7.44. The van der Waals surface area contributed by atoms with E-state index in [1.165, 1.54) is 0 Å². The predicted octanol–water partition coefficient (Wildman–Crippen LogP) is 3.16. The molecule has 0 unspecified atom stereocenters. The minimum absolute atomic E-state index is 0.601. The van der Waals surface area contributed by atoms with E-state index in [2.05, 4.69) is 9.97 Å². The summed E-state index contributed by atoms with van der Waals surface area (Å²) in [6.07, 6.45) is 0. The largest absolute Gasteiger partial charge is 0.493 e. The van der Waals surface area contributed by atoms with Gasteiger partial charge in [0, 0.05) is 28.9 Å². The number of nitrogens with zero attached hydrogens (tertiary/aromatic N) is 2. The lowest BCUT2D eigenvalue weighted by Gasteiger charge is -2.08. The van der Waals surface area contributed by atoms with Crippen LogP contribution in [-0.2, 0) is 0 Å². The monoisotopic (exact) mass is 289 g/mol. The molecule has 106 valence electrons. The van der Waals surface area contributed by atoms with Crippen molar-refractivity contribution in [2.45, 2.75) is 25.9 Å². The second kappa shape index (κ2) is 6.61. The number of ether oxygens (including phenoxy) is 1. The number of hydrogen-bond donors (Lipinski definition) is 1. The van der Waals surface area contributed by atoms with Gasteiger partial charge in [-0.2, -0.15) is 0 Å². The maximum Gasteiger partial charge on any atom is 0.188 e. The number of benzene rings is 1. The number of nitrogen functional groups attached to an aromatic ring is 1. The van der Waals surface area contributed by atoms with Crippen LogP contribution in [0.4, 0.5) is 5.69 Å². The maximum absolute atomic E-state index is 5.70. The molecule has 20 heavy (non-hydrogen) atoms. The quantitative estimate of drug-likeness (QED) is 0.396. The predicted molar refractivity (Wildman–Crippen MR) is 83.3 cm³/mol. The van der Waals surface area contributed by atoms with Crippen molar-refractivity contribution in [3.63, 3.8) is 0 Å². The fourth-order valence-corrected chi connectivity index (χ4v) is 2.45. The van der Waals surface area contributed by atoms with Gasteiger partial charge in [0.1, 0.15) is 5.75 Å². The highest BCUT2D eigenvalue weighted by atomic mass is 32.2. The second-order valence-corrected chi connectivity index (χ2v) is 5.63. The summed E-state index contributed by atoms with van der Waals surface area (Å²) in [4.78, 5) is 8.94. The van der Waals surface area contributed by atoms with Crippen molar-refractivity contribution >= 4 is 17.4 Å². The van der Waals surface area contributed by atoms with Crippen LogP contribution in [0.5, 0.6) is 5.75 Å². The molecule has 0 amide bonds. The highest BCUT2D eigenvalue weighted by Gasteiger charge is 2.05. The van der Waals surface area contributed by atoms with E-state index < -0.39 is 0 Å². The summed E-state index contributed by atoms with van der Waals surface area (Å²) in [5.41, 5.74) is 9.64. The van der Waals surface area contributed by atoms with Crippen LogP contribution in [0.3, 0.4) is 0 Å². The van der Waals surface area contributed by atoms with Crippen molar-refractivity contribution in [1.82, 2.24) is 9.97 Å². The molecular formula is C15H19N3OS. The topological polar surface area (TPSA) is 61.0 Å². The number of anilines is 1. The molecule has 0 aliphatic rings. The van der Waals surface area contributed by atoms with Gasteiger partial charge in [0.25, 0.3) is 0 Å². The van der Waals surface area contributed by atoms with Gasteiger partial charge in [-0.15, -0.1) is 0 Å². The van der Waals surface area contributed by atoms with E-state index in [1.807, 2.05) is 45.0 Å². The SMILES string of the molecule is Cc1nc(SCCOc2cccc(N)c2)nc(C)c1C. The highest BCUT2D eigenvalue weighted by molar-refractivity contribution is 7.99. The number of aromatic nitrogens is 2. The van der Waals surface area contributed by atoms with Crippen molar-refractivity contribution < 1.29 is 4.74 Å². The molecule has 0 bridgehead atoms. The zero-order chi connectivity index (χ0) is 14.5. The fourth-order valence-electron chi connectivity index (χ4n) is 1.70. The lowest BCUT2D eigenvalue weighted by Crippen LogP contribution is -2.03. The summed E-state index contributed by atoms with van der Waals surface area (Å²) in [7, 11) is 0. The number of aryl methyl sites for hydroxylation is 2. The fraction of sp³-hybridized carbons (Fsp3) is 0.333. The van der Waals surface area contributed by atoms with Gasteiger partial charge in [-0.25, -0.2) is 9.97 Å². The Kier molecular flexibility index (Phi) is 4.84. The molecule has 0 saturated heterocycles. The van der Waals surface area contributed by atoms with E-state index in [4.69, 9.17) is 10.5 Å². The summed E-state index contributed by atoms with van der Waals surface area (Å²) < 4.78 is 5.64. The van der Waals surface area contributed by atoms with E-state index in [1.54, 1.807) is 11.8 Å². The number of rotatable bonds is 5. The molecular weight excluding hydrogens is 270 g/mol. The van der Waals surface area contributed by atoms with Gasteiger partial charge in [-0.05, 0) is 38.5 Å². The van der Waals surface area contributed by atoms with Gasteiger partial charge in [-0.3, -0.25) is 0 Å². The van der Waals surface area contributed by atoms with Crippen molar-refractivity contribution in [2.24, 2.45) is 0 Å². The van der Waals surface area contributed by atoms with Crippen LogP contribution in [0.25, 0.3) is 0 Å². The average molecular weight is 289 g/mol. The zero-order valence-electron chi connectivity index (χ0n) is 12.0. The Hall–Kier alpha value is -1.75. The first-order valence-electron chi connectivity index (χ1n) is 6.49. The van der Waals surface area contributed by atoms with E-state index in [9.17, 15) is 0 Å². The van der Waals surface area contributed by atoms with Crippen LogP contribution in [0.1, 0.15) is 17.0 Å². The first-order valence-corrected chi connectivity index (χ1v) is 7.48. The Bertz CT molecular complexity index is 578. The van der Waals surface area contributed by atoms with Crippen LogP contribution in [-0.4, -0.2) is 22.3 Å². The molecule has 0 saturated carbocycles. The molecule has 5 heteroatoms. The molecule has 4 nitrogen and oxygen atoms in total. The van der Waals surface area contributed by atoms with Crippen LogP contribution in [0.15, 0.2) is 29.4 Å². The lowest BCUT2D eigenvalue weighted by molar-refractivity contribution is 0.344. The normalized spacial score (nSPS) is 10.6. The molecule has 0 spiro atoms.